The molecule has 0 radical (unpaired) electrons. The van der Waals surface area contributed by atoms with Crippen LogP contribution < -0.4 is 5.32 Å². The van der Waals surface area contributed by atoms with Crippen molar-refractivity contribution in [2.24, 2.45) is 0 Å². The van der Waals surface area contributed by atoms with Crippen LogP contribution in [0.5, 0.6) is 0 Å². The van der Waals surface area contributed by atoms with Crippen LogP contribution in [0, 0.1) is 11.6 Å². The maximum atomic E-state index is 13.5. The number of rotatable bonds is 6. The maximum absolute atomic E-state index is 13.5. The number of hydrogen-bond acceptors (Lipinski definition) is 1. The Labute approximate surface area is 122 Å². The van der Waals surface area contributed by atoms with Crippen LogP contribution in [-0.4, -0.2) is 11.9 Å². The molecule has 0 aromatic heterocycles. The van der Waals surface area contributed by atoms with Gasteiger partial charge in [0.25, 0.3) is 0 Å². The second kappa shape index (κ2) is 7.36. The van der Waals surface area contributed by atoms with E-state index in [4.69, 9.17) is 11.6 Å². The number of alkyl halides is 1. The molecule has 0 amide bonds. The third-order valence-electron chi connectivity index (χ3n) is 3.11. The molecule has 2 aromatic rings. The van der Waals surface area contributed by atoms with Crippen LogP contribution in [0.1, 0.15) is 11.1 Å². The standard InChI is InChI=1S/C16H16ClF2N/c17-10-15(8-12-4-2-1-3-5-12)20-11-13-6-7-14(18)9-16(13)19/h1-7,9,15,20H,8,10-11H2. The number of halogens is 3. The van der Waals surface area contributed by atoms with Crippen LogP contribution in [-0.2, 0) is 13.0 Å². The van der Waals surface area contributed by atoms with Crippen LogP contribution in [0.4, 0.5) is 8.78 Å². The van der Waals surface area contributed by atoms with Crippen molar-refractivity contribution in [3.63, 3.8) is 0 Å². The van der Waals surface area contributed by atoms with Gasteiger partial charge in [0, 0.05) is 30.1 Å². The molecule has 1 nitrogen and oxygen atoms in total. The minimum absolute atomic E-state index is 0.0449. The molecule has 4 heteroatoms. The first-order chi connectivity index (χ1) is 9.69. The normalized spacial score (nSPS) is 12.3. The monoisotopic (exact) mass is 295 g/mol. The van der Waals surface area contributed by atoms with E-state index in [0.29, 0.717) is 18.0 Å². The van der Waals surface area contributed by atoms with E-state index >= 15 is 0 Å². The van der Waals surface area contributed by atoms with E-state index in [1.165, 1.54) is 17.7 Å². The van der Waals surface area contributed by atoms with Gasteiger partial charge in [0.1, 0.15) is 11.6 Å². The first kappa shape index (κ1) is 14.9. The topological polar surface area (TPSA) is 12.0 Å². The van der Waals surface area contributed by atoms with Crippen molar-refractivity contribution >= 4 is 11.6 Å². The molecular weight excluding hydrogens is 280 g/mol. The Morgan fingerprint density at radius 2 is 1.80 bits per heavy atom. The predicted octanol–water partition coefficient (Wildman–Crippen LogP) is 3.90. The van der Waals surface area contributed by atoms with Gasteiger partial charge in [0.2, 0.25) is 0 Å². The van der Waals surface area contributed by atoms with Crippen LogP contribution in [0.15, 0.2) is 48.5 Å². The molecule has 0 saturated heterocycles. The Hall–Kier alpha value is -1.45. The van der Waals surface area contributed by atoms with E-state index in [1.54, 1.807) is 0 Å². The van der Waals surface area contributed by atoms with Crippen molar-refractivity contribution in [3.05, 3.63) is 71.3 Å². The summed E-state index contributed by atoms with van der Waals surface area (Å²) in [6.45, 7) is 0.330. The third-order valence-corrected chi connectivity index (χ3v) is 3.48. The smallest absolute Gasteiger partial charge is 0.130 e. The molecule has 20 heavy (non-hydrogen) atoms. The van der Waals surface area contributed by atoms with E-state index in [0.717, 1.165) is 12.5 Å². The summed E-state index contributed by atoms with van der Waals surface area (Å²) >= 11 is 5.93. The van der Waals surface area contributed by atoms with Crippen LogP contribution in [0.2, 0.25) is 0 Å². The fourth-order valence-corrected chi connectivity index (χ4v) is 2.22. The summed E-state index contributed by atoms with van der Waals surface area (Å²) in [5.41, 5.74) is 1.61. The van der Waals surface area contributed by atoms with Gasteiger partial charge in [0.15, 0.2) is 0 Å². The minimum atomic E-state index is -0.565. The van der Waals surface area contributed by atoms with E-state index in [9.17, 15) is 8.78 Å². The van der Waals surface area contributed by atoms with Crippen molar-refractivity contribution in [1.82, 2.24) is 5.32 Å². The molecule has 0 heterocycles. The van der Waals surface area contributed by atoms with Crippen molar-refractivity contribution in [1.29, 1.82) is 0 Å². The average molecular weight is 296 g/mol. The van der Waals surface area contributed by atoms with Crippen molar-refractivity contribution in [2.75, 3.05) is 5.88 Å². The number of nitrogens with one attached hydrogen (secondary N) is 1. The molecular formula is C16H16ClF2N. The second-order valence-corrected chi connectivity index (χ2v) is 4.97. The maximum Gasteiger partial charge on any atom is 0.130 e. The summed E-state index contributed by atoms with van der Waals surface area (Å²) in [6, 6.07) is 13.6. The molecule has 0 aliphatic rings. The zero-order valence-corrected chi connectivity index (χ0v) is 11.7. The van der Waals surface area contributed by atoms with Gasteiger partial charge >= 0.3 is 0 Å². The summed E-state index contributed by atoms with van der Waals surface area (Å²) < 4.78 is 26.3. The largest absolute Gasteiger partial charge is 0.308 e. The molecule has 0 aliphatic carbocycles. The van der Waals surface area contributed by atoms with Crippen molar-refractivity contribution in [2.45, 2.75) is 19.0 Å². The Morgan fingerprint density at radius 3 is 2.45 bits per heavy atom. The highest BCUT2D eigenvalue weighted by Gasteiger charge is 2.10. The molecule has 106 valence electrons. The van der Waals surface area contributed by atoms with E-state index in [-0.39, 0.29) is 6.04 Å². The Balaban J connectivity index is 1.93. The molecule has 1 N–H and O–H groups in total. The van der Waals surface area contributed by atoms with Gasteiger partial charge in [-0.15, -0.1) is 11.6 Å². The van der Waals surface area contributed by atoms with Gasteiger partial charge in [-0.3, -0.25) is 0 Å². The number of hydrogen-bond donors (Lipinski definition) is 1. The first-order valence-electron chi connectivity index (χ1n) is 6.46. The summed E-state index contributed by atoms with van der Waals surface area (Å²) in [6.07, 6.45) is 0.771. The Kier molecular flexibility index (Phi) is 5.50. The highest BCUT2D eigenvalue weighted by Crippen LogP contribution is 2.10. The third kappa shape index (κ3) is 4.29. The summed E-state index contributed by atoms with van der Waals surface area (Å²) in [7, 11) is 0. The van der Waals surface area contributed by atoms with Gasteiger partial charge in [-0.1, -0.05) is 36.4 Å². The van der Waals surface area contributed by atoms with Gasteiger partial charge in [0.05, 0.1) is 0 Å². The molecule has 0 bridgehead atoms. The zero-order valence-electron chi connectivity index (χ0n) is 11.0. The average Bonchev–Trinajstić information content (AvgIpc) is 2.46. The van der Waals surface area contributed by atoms with E-state index in [1.807, 2.05) is 30.3 Å². The zero-order chi connectivity index (χ0) is 14.4. The van der Waals surface area contributed by atoms with Gasteiger partial charge in [-0.25, -0.2) is 8.78 Å². The highest BCUT2D eigenvalue weighted by atomic mass is 35.5. The lowest BCUT2D eigenvalue weighted by molar-refractivity contribution is 0.522. The van der Waals surface area contributed by atoms with Gasteiger partial charge in [-0.2, -0.15) is 0 Å². The highest BCUT2D eigenvalue weighted by molar-refractivity contribution is 6.18. The van der Waals surface area contributed by atoms with E-state index < -0.39 is 11.6 Å². The Bertz CT molecular complexity index is 545. The van der Waals surface area contributed by atoms with Crippen LogP contribution in [0.25, 0.3) is 0 Å². The molecule has 1 unspecified atom stereocenters. The van der Waals surface area contributed by atoms with Gasteiger partial charge in [-0.05, 0) is 18.1 Å². The lowest BCUT2D eigenvalue weighted by Crippen LogP contribution is -2.32. The SMILES string of the molecule is Fc1ccc(CNC(CCl)Cc2ccccc2)c(F)c1. The first-order valence-corrected chi connectivity index (χ1v) is 6.99. The van der Waals surface area contributed by atoms with E-state index in [2.05, 4.69) is 5.32 Å². The summed E-state index contributed by atoms with van der Waals surface area (Å²) in [5, 5.41) is 3.20. The lowest BCUT2D eigenvalue weighted by atomic mass is 10.1. The Morgan fingerprint density at radius 1 is 1.05 bits per heavy atom. The summed E-state index contributed by atoms with van der Waals surface area (Å²) in [5.74, 6) is -0.674. The predicted molar refractivity (Wildman–Crippen MR) is 77.9 cm³/mol. The molecule has 2 aromatic carbocycles. The van der Waals surface area contributed by atoms with Crippen LogP contribution >= 0.6 is 11.6 Å². The molecule has 1 atom stereocenters. The van der Waals surface area contributed by atoms with Gasteiger partial charge < -0.3 is 5.32 Å². The fourth-order valence-electron chi connectivity index (χ4n) is 2.00. The summed E-state index contributed by atoms with van der Waals surface area (Å²) in [4.78, 5) is 0. The second-order valence-electron chi connectivity index (χ2n) is 4.66. The van der Waals surface area contributed by atoms with Crippen molar-refractivity contribution in [3.8, 4) is 0 Å². The van der Waals surface area contributed by atoms with Crippen LogP contribution in [0.3, 0.4) is 0 Å². The fraction of sp³-hybridized carbons (Fsp3) is 0.250. The quantitative estimate of drug-likeness (QED) is 0.797. The molecule has 0 aliphatic heterocycles. The lowest BCUT2D eigenvalue weighted by Gasteiger charge is -2.16. The molecule has 0 spiro atoms. The molecule has 0 fully saturated rings. The minimum Gasteiger partial charge on any atom is -0.308 e. The molecule has 0 saturated carbocycles. The number of benzene rings is 2. The molecule has 2 rings (SSSR count). The van der Waals surface area contributed by atoms with Crippen molar-refractivity contribution < 1.29 is 8.78 Å².